The Morgan fingerprint density at radius 3 is 1.76 bits per heavy atom. The van der Waals surface area contributed by atoms with Crippen LogP contribution in [-0.4, -0.2) is 33.5 Å². The van der Waals surface area contributed by atoms with E-state index in [1.165, 1.54) is 24.3 Å². The second-order valence-corrected chi connectivity index (χ2v) is 5.69. The third-order valence-electron chi connectivity index (χ3n) is 3.04. The number of carbonyl (C=O) groups is 2. The molecule has 0 saturated carbocycles. The van der Waals surface area contributed by atoms with Crippen LogP contribution in [0.1, 0.15) is 35.1 Å². The van der Waals surface area contributed by atoms with E-state index in [1.54, 1.807) is 6.92 Å². The number of aromatic carboxylic acids is 1. The maximum absolute atomic E-state index is 11.2. The second kappa shape index (κ2) is 11.6. The lowest BCUT2D eigenvalue weighted by molar-refractivity contribution is -0.384. The summed E-state index contributed by atoms with van der Waals surface area (Å²) in [6.07, 6.45) is 0. The van der Waals surface area contributed by atoms with Crippen LogP contribution in [0.2, 0.25) is 10.0 Å². The number of rotatable bonds is 5. The molecule has 10 nitrogen and oxygen atoms in total. The van der Waals surface area contributed by atoms with E-state index in [2.05, 4.69) is 0 Å². The Morgan fingerprint density at radius 1 is 0.966 bits per heavy atom. The number of benzene rings is 2. The molecule has 0 amide bonds. The summed E-state index contributed by atoms with van der Waals surface area (Å²) in [6.45, 7) is 1.87. The molecule has 12 heteroatoms. The molecule has 1 N–H and O–H groups in total. The summed E-state index contributed by atoms with van der Waals surface area (Å²) in [7, 11) is 0. The van der Waals surface area contributed by atoms with E-state index in [9.17, 15) is 29.8 Å². The molecule has 0 aliphatic heterocycles. The van der Waals surface area contributed by atoms with Crippen molar-refractivity contribution in [1.82, 2.24) is 0 Å². The van der Waals surface area contributed by atoms with Gasteiger partial charge in [-0.3, -0.25) is 20.2 Å². The fourth-order valence-corrected chi connectivity index (χ4v) is 2.15. The maximum Gasteiger partial charge on any atom is 0.338 e. The van der Waals surface area contributed by atoms with Crippen LogP contribution in [0.4, 0.5) is 11.4 Å². The van der Waals surface area contributed by atoms with Crippen LogP contribution in [0.25, 0.3) is 0 Å². The minimum atomic E-state index is -1.22. The first-order chi connectivity index (χ1) is 13.1. The highest BCUT2D eigenvalue weighted by molar-refractivity contribution is 6.33. The minimum absolute atomic E-state index is 0. The third kappa shape index (κ3) is 7.35. The molecule has 0 bridgehead atoms. The van der Waals surface area contributed by atoms with Gasteiger partial charge in [0.1, 0.15) is 10.0 Å². The zero-order chi connectivity index (χ0) is 21.4. The van der Waals surface area contributed by atoms with Crippen molar-refractivity contribution in [1.29, 1.82) is 0 Å². The van der Waals surface area contributed by atoms with Gasteiger partial charge in [0.25, 0.3) is 11.4 Å². The largest absolute Gasteiger partial charge is 0.478 e. The Bertz CT molecular complexity index is 934. The summed E-state index contributed by atoms with van der Waals surface area (Å²) < 4.78 is 4.70. The predicted molar refractivity (Wildman–Crippen MR) is 106 cm³/mol. The fourth-order valence-electron chi connectivity index (χ4n) is 1.78. The molecular formula is C17H16Cl2N2O8. The van der Waals surface area contributed by atoms with Crippen LogP contribution >= 0.6 is 23.2 Å². The van der Waals surface area contributed by atoms with Gasteiger partial charge < -0.3 is 9.84 Å². The van der Waals surface area contributed by atoms with Crippen molar-refractivity contribution in [2.45, 2.75) is 14.4 Å². The summed E-state index contributed by atoms with van der Waals surface area (Å²) in [5, 5.41) is 29.3. The van der Waals surface area contributed by atoms with Crippen molar-refractivity contribution >= 4 is 46.5 Å². The highest BCUT2D eigenvalue weighted by atomic mass is 35.5. The maximum atomic E-state index is 11.2. The van der Waals surface area contributed by atoms with Crippen LogP contribution in [0, 0.1) is 20.2 Å². The number of nitro groups is 2. The first-order valence-corrected chi connectivity index (χ1v) is 8.12. The molecule has 2 aromatic rings. The van der Waals surface area contributed by atoms with Gasteiger partial charge in [-0.15, -0.1) is 0 Å². The van der Waals surface area contributed by atoms with Crippen LogP contribution in [-0.2, 0) is 4.74 Å². The van der Waals surface area contributed by atoms with Crippen molar-refractivity contribution in [3.63, 3.8) is 0 Å². The number of hydrogen-bond donors (Lipinski definition) is 1. The topological polar surface area (TPSA) is 150 Å². The molecule has 0 heterocycles. The average molecular weight is 447 g/mol. The molecule has 156 valence electrons. The van der Waals surface area contributed by atoms with Crippen LogP contribution < -0.4 is 0 Å². The molecule has 0 atom stereocenters. The number of halogens is 2. The van der Waals surface area contributed by atoms with Gasteiger partial charge in [-0.05, 0) is 31.2 Å². The van der Waals surface area contributed by atoms with Gasteiger partial charge in [0, 0.05) is 12.1 Å². The lowest BCUT2D eigenvalue weighted by atomic mass is 10.2. The number of carboxylic acid groups (broad SMARTS) is 1. The van der Waals surface area contributed by atoms with Crippen LogP contribution in [0.5, 0.6) is 0 Å². The highest BCUT2D eigenvalue weighted by Crippen LogP contribution is 2.26. The normalized spacial score (nSPS) is 9.34. The molecule has 0 aromatic heterocycles. The Kier molecular flexibility index (Phi) is 10.3. The fraction of sp³-hybridized carbons (Fsp3) is 0.176. The van der Waals surface area contributed by atoms with Crippen molar-refractivity contribution in [3.8, 4) is 0 Å². The van der Waals surface area contributed by atoms with Gasteiger partial charge in [-0.1, -0.05) is 30.6 Å². The highest BCUT2D eigenvalue weighted by Gasteiger charge is 2.17. The Labute approximate surface area is 174 Å². The summed E-state index contributed by atoms with van der Waals surface area (Å²) in [5.74, 6) is -1.82. The number of hydrogen-bond acceptors (Lipinski definition) is 7. The SMILES string of the molecule is C.CCOC(=O)c1ccc(Cl)c([N+](=O)[O-])c1.O=C(O)c1ccc(Cl)c([N+](=O)[O-])c1. The molecule has 2 aromatic carbocycles. The lowest BCUT2D eigenvalue weighted by Crippen LogP contribution is -2.05. The monoisotopic (exact) mass is 446 g/mol. The van der Waals surface area contributed by atoms with E-state index in [-0.39, 0.29) is 40.9 Å². The van der Waals surface area contributed by atoms with Gasteiger partial charge in [-0.25, -0.2) is 9.59 Å². The van der Waals surface area contributed by atoms with E-state index < -0.39 is 27.5 Å². The summed E-state index contributed by atoms with van der Waals surface area (Å²) in [6, 6.07) is 7.09. The first kappa shape index (κ1) is 25.8. The molecule has 0 fully saturated rings. The standard InChI is InChI=1S/C9H8ClNO4.C7H4ClNO4.CH4/c1-2-15-9(12)6-3-4-7(10)8(5-6)11(13)14;8-5-2-1-4(7(10)11)3-6(5)9(12)13;/h3-5H,2H2,1H3;1-3H,(H,10,11);1H4. The minimum Gasteiger partial charge on any atom is -0.478 e. The zero-order valence-electron chi connectivity index (χ0n) is 14.1. The Balaban J connectivity index is 0.000000527. The zero-order valence-corrected chi connectivity index (χ0v) is 15.6. The lowest BCUT2D eigenvalue weighted by Gasteiger charge is -2.01. The number of nitro benzene ring substituents is 2. The molecule has 0 saturated heterocycles. The van der Waals surface area contributed by atoms with E-state index >= 15 is 0 Å². The molecule has 2 rings (SSSR count). The van der Waals surface area contributed by atoms with Crippen molar-refractivity contribution in [2.24, 2.45) is 0 Å². The third-order valence-corrected chi connectivity index (χ3v) is 3.68. The number of carboxylic acids is 1. The number of carbonyl (C=O) groups excluding carboxylic acids is 1. The molecule has 0 spiro atoms. The first-order valence-electron chi connectivity index (χ1n) is 7.36. The Morgan fingerprint density at radius 2 is 1.38 bits per heavy atom. The van der Waals surface area contributed by atoms with Gasteiger partial charge in [-0.2, -0.15) is 0 Å². The quantitative estimate of drug-likeness (QED) is 0.382. The van der Waals surface area contributed by atoms with Gasteiger partial charge >= 0.3 is 11.9 Å². The molecule has 0 aliphatic rings. The molecule has 0 aliphatic carbocycles. The second-order valence-electron chi connectivity index (χ2n) is 4.87. The van der Waals surface area contributed by atoms with Gasteiger partial charge in [0.05, 0.1) is 27.6 Å². The van der Waals surface area contributed by atoms with Crippen LogP contribution in [0.3, 0.4) is 0 Å². The number of nitrogens with zero attached hydrogens (tertiary/aromatic N) is 2. The predicted octanol–water partition coefficient (Wildman–Crippen LogP) is 5.01. The van der Waals surface area contributed by atoms with Crippen molar-refractivity contribution in [3.05, 3.63) is 77.8 Å². The molecule has 0 unspecified atom stereocenters. The van der Waals surface area contributed by atoms with E-state index in [4.69, 9.17) is 33.0 Å². The average Bonchev–Trinajstić information content (AvgIpc) is 2.62. The van der Waals surface area contributed by atoms with E-state index in [0.717, 1.165) is 12.1 Å². The van der Waals surface area contributed by atoms with Gasteiger partial charge in [0.2, 0.25) is 0 Å². The van der Waals surface area contributed by atoms with Crippen molar-refractivity contribution in [2.75, 3.05) is 6.61 Å². The van der Waals surface area contributed by atoms with Crippen LogP contribution in [0.15, 0.2) is 36.4 Å². The number of ether oxygens (including phenoxy) is 1. The number of esters is 1. The molecule has 0 radical (unpaired) electrons. The van der Waals surface area contributed by atoms with E-state index in [1.807, 2.05) is 0 Å². The summed E-state index contributed by atoms with van der Waals surface area (Å²) in [5.41, 5.74) is -0.743. The van der Waals surface area contributed by atoms with Gasteiger partial charge in [0.15, 0.2) is 0 Å². The molecule has 29 heavy (non-hydrogen) atoms. The molecular weight excluding hydrogens is 431 g/mol. The van der Waals surface area contributed by atoms with Crippen molar-refractivity contribution < 1.29 is 29.3 Å². The summed E-state index contributed by atoms with van der Waals surface area (Å²) in [4.78, 5) is 41.1. The Hall–Kier alpha value is -3.24. The smallest absolute Gasteiger partial charge is 0.338 e. The summed E-state index contributed by atoms with van der Waals surface area (Å²) >= 11 is 11.0. The van der Waals surface area contributed by atoms with E-state index in [0.29, 0.717) is 0 Å².